The van der Waals surface area contributed by atoms with E-state index in [1.165, 1.54) is 0 Å². The van der Waals surface area contributed by atoms with Crippen molar-refractivity contribution in [3.05, 3.63) is 24.3 Å². The molecule has 1 saturated heterocycles. The van der Waals surface area contributed by atoms with Gasteiger partial charge in [0.1, 0.15) is 0 Å². The Hall–Kier alpha value is -1.42. The number of rotatable bonds is 9. The smallest absolute Gasteiger partial charge is 0.0606 e. The Bertz CT molecular complexity index is 433. The monoisotopic (exact) mass is 370 g/mol. The Morgan fingerprint density at radius 3 is 1.50 bits per heavy atom. The summed E-state index contributed by atoms with van der Waals surface area (Å²) in [7, 11) is 0. The molecule has 0 aliphatic carbocycles. The molecule has 8 heteroatoms. The first kappa shape index (κ1) is 22.6. The van der Waals surface area contributed by atoms with Crippen LogP contribution in [0.3, 0.4) is 0 Å². The van der Waals surface area contributed by atoms with Crippen LogP contribution in [0.15, 0.2) is 24.3 Å². The van der Waals surface area contributed by atoms with Crippen LogP contribution in [0.2, 0.25) is 0 Å². The minimum atomic E-state index is 0.0738. The zero-order valence-corrected chi connectivity index (χ0v) is 15.5. The summed E-state index contributed by atoms with van der Waals surface area (Å²) in [5.74, 6) is 0. The first-order valence-corrected chi connectivity index (χ1v) is 9.13. The molecule has 0 amide bonds. The summed E-state index contributed by atoms with van der Waals surface area (Å²) < 4.78 is 0. The van der Waals surface area contributed by atoms with Crippen molar-refractivity contribution in [2.75, 3.05) is 89.4 Å². The number of nitrogens with two attached hydrogens (primary N) is 1. The predicted molar refractivity (Wildman–Crippen MR) is 104 cm³/mol. The molecule has 1 aliphatic rings. The molecule has 1 aliphatic heterocycles. The Labute approximate surface area is 156 Å². The van der Waals surface area contributed by atoms with Gasteiger partial charge in [0.2, 0.25) is 0 Å². The molecule has 1 aromatic rings. The highest BCUT2D eigenvalue weighted by Gasteiger charge is 2.14. The molecule has 1 aromatic carbocycles. The number of anilines is 2. The molecule has 26 heavy (non-hydrogen) atoms. The molecule has 0 saturated carbocycles. The summed E-state index contributed by atoms with van der Waals surface area (Å²) in [6.07, 6.45) is 0. The molecule has 0 aromatic heterocycles. The fourth-order valence-corrected chi connectivity index (χ4v) is 2.82. The fourth-order valence-electron chi connectivity index (χ4n) is 2.82. The van der Waals surface area contributed by atoms with E-state index in [0.29, 0.717) is 18.8 Å². The molecule has 0 atom stereocenters. The van der Waals surface area contributed by atoms with Gasteiger partial charge in [-0.15, -0.1) is 0 Å². The Morgan fingerprint density at radius 2 is 1.15 bits per heavy atom. The van der Waals surface area contributed by atoms with Gasteiger partial charge in [0, 0.05) is 63.7 Å². The number of β-amino-alcohol motifs (C(OH)–C–C–N with tert-alkyl or cyclic N) is 2. The molecule has 0 unspecified atom stereocenters. The lowest BCUT2D eigenvalue weighted by Gasteiger charge is -2.33. The quantitative estimate of drug-likeness (QED) is 0.339. The van der Waals surface area contributed by atoms with E-state index in [0.717, 1.165) is 45.0 Å². The molecule has 0 bridgehead atoms. The van der Waals surface area contributed by atoms with E-state index in [1.54, 1.807) is 12.1 Å². The number of piperazine rings is 1. The van der Waals surface area contributed by atoms with Crippen molar-refractivity contribution in [1.82, 2.24) is 9.80 Å². The minimum absolute atomic E-state index is 0.0738. The Morgan fingerprint density at radius 1 is 0.731 bits per heavy atom. The maximum Gasteiger partial charge on any atom is 0.0606 e. The van der Waals surface area contributed by atoms with Crippen molar-refractivity contribution in [2.24, 2.45) is 0 Å². The van der Waals surface area contributed by atoms with Crippen LogP contribution < -0.4 is 10.6 Å². The zero-order valence-electron chi connectivity index (χ0n) is 15.5. The largest absolute Gasteiger partial charge is 0.399 e. The number of benzene rings is 1. The molecule has 8 nitrogen and oxygen atoms in total. The number of hydrogen-bond donors (Lipinski definition) is 5. The predicted octanol–water partition coefficient (Wildman–Crippen LogP) is -1.35. The van der Waals surface area contributed by atoms with Gasteiger partial charge in [0.25, 0.3) is 0 Å². The molecule has 6 N–H and O–H groups in total. The van der Waals surface area contributed by atoms with Crippen LogP contribution in [0.4, 0.5) is 11.4 Å². The van der Waals surface area contributed by atoms with Crippen LogP contribution >= 0.6 is 0 Å². The highest BCUT2D eigenvalue weighted by molar-refractivity contribution is 5.53. The van der Waals surface area contributed by atoms with Crippen molar-refractivity contribution in [3.8, 4) is 0 Å². The highest BCUT2D eigenvalue weighted by atomic mass is 16.3. The standard InChI is InChI=1S/C10H16N2O2.C8H18N2O2/c11-9-1-3-10(4-2-9)12(5-7-13)6-8-14;11-7-5-9-1-2-10(4-3-9)6-8-12/h1-4,13-14H,5-8,11H2;11-12H,1-8H2. The summed E-state index contributed by atoms with van der Waals surface area (Å²) >= 11 is 0. The third-order valence-electron chi connectivity index (χ3n) is 4.30. The fraction of sp³-hybridized carbons (Fsp3) is 0.667. The van der Waals surface area contributed by atoms with Gasteiger partial charge in [-0.05, 0) is 24.3 Å². The van der Waals surface area contributed by atoms with Gasteiger partial charge in [-0.1, -0.05) is 0 Å². The normalized spacial score (nSPS) is 15.4. The van der Waals surface area contributed by atoms with Crippen molar-refractivity contribution >= 4 is 11.4 Å². The van der Waals surface area contributed by atoms with Gasteiger partial charge in [-0.3, -0.25) is 9.80 Å². The molecule has 0 spiro atoms. The average Bonchev–Trinajstić information content (AvgIpc) is 2.65. The van der Waals surface area contributed by atoms with Crippen molar-refractivity contribution in [3.63, 3.8) is 0 Å². The van der Waals surface area contributed by atoms with E-state index >= 15 is 0 Å². The number of nitrogens with zero attached hydrogens (tertiary/aromatic N) is 3. The van der Waals surface area contributed by atoms with E-state index in [2.05, 4.69) is 9.80 Å². The van der Waals surface area contributed by atoms with Gasteiger partial charge in [0.05, 0.1) is 26.4 Å². The lowest BCUT2D eigenvalue weighted by molar-refractivity contribution is 0.0984. The van der Waals surface area contributed by atoms with Crippen LogP contribution in [-0.2, 0) is 0 Å². The third kappa shape index (κ3) is 8.79. The summed E-state index contributed by atoms with van der Waals surface area (Å²) in [6.45, 7) is 7.31. The van der Waals surface area contributed by atoms with Crippen LogP contribution in [0.5, 0.6) is 0 Å². The summed E-state index contributed by atoms with van der Waals surface area (Å²) in [5, 5.41) is 35.0. The lowest BCUT2D eigenvalue weighted by Crippen LogP contribution is -2.47. The first-order chi connectivity index (χ1) is 12.6. The number of aliphatic hydroxyl groups excluding tert-OH is 4. The summed E-state index contributed by atoms with van der Waals surface area (Å²) in [6, 6.07) is 7.36. The van der Waals surface area contributed by atoms with Crippen molar-refractivity contribution in [1.29, 1.82) is 0 Å². The van der Waals surface area contributed by atoms with Crippen molar-refractivity contribution < 1.29 is 20.4 Å². The molecule has 2 rings (SSSR count). The van der Waals surface area contributed by atoms with Gasteiger partial charge in [-0.25, -0.2) is 0 Å². The second-order valence-corrected chi connectivity index (χ2v) is 6.16. The molecule has 1 fully saturated rings. The van der Waals surface area contributed by atoms with E-state index in [4.69, 9.17) is 26.2 Å². The van der Waals surface area contributed by atoms with Crippen molar-refractivity contribution in [2.45, 2.75) is 0 Å². The Balaban J connectivity index is 0.000000263. The summed E-state index contributed by atoms with van der Waals surface area (Å²) in [5.41, 5.74) is 7.23. The first-order valence-electron chi connectivity index (χ1n) is 9.13. The van der Waals surface area contributed by atoms with Crippen LogP contribution in [0.1, 0.15) is 0 Å². The molecular weight excluding hydrogens is 336 g/mol. The third-order valence-corrected chi connectivity index (χ3v) is 4.30. The maximum absolute atomic E-state index is 8.83. The van der Waals surface area contributed by atoms with Crippen LogP contribution in [0.25, 0.3) is 0 Å². The van der Waals surface area contributed by atoms with Crippen LogP contribution in [0, 0.1) is 0 Å². The zero-order chi connectivity index (χ0) is 19.2. The number of aliphatic hydroxyl groups is 4. The van der Waals surface area contributed by atoms with E-state index < -0.39 is 0 Å². The van der Waals surface area contributed by atoms with Crippen LogP contribution in [-0.4, -0.2) is 109 Å². The van der Waals surface area contributed by atoms with Gasteiger partial charge < -0.3 is 31.1 Å². The second-order valence-electron chi connectivity index (χ2n) is 6.16. The molecular formula is C18H34N4O4. The number of nitrogen functional groups attached to an aromatic ring is 1. The van der Waals surface area contributed by atoms with E-state index in [-0.39, 0.29) is 26.4 Å². The Kier molecular flexibility index (Phi) is 12.0. The summed E-state index contributed by atoms with van der Waals surface area (Å²) in [4.78, 5) is 6.39. The lowest BCUT2D eigenvalue weighted by atomic mass is 10.2. The minimum Gasteiger partial charge on any atom is -0.399 e. The maximum atomic E-state index is 8.83. The topological polar surface area (TPSA) is 117 Å². The molecule has 0 radical (unpaired) electrons. The SMILES string of the molecule is Nc1ccc(N(CCO)CCO)cc1.OCCN1CCN(CCO)CC1. The van der Waals surface area contributed by atoms with E-state index in [9.17, 15) is 0 Å². The second kappa shape index (κ2) is 13.7. The molecule has 150 valence electrons. The number of hydrogen-bond acceptors (Lipinski definition) is 8. The van der Waals surface area contributed by atoms with Gasteiger partial charge in [-0.2, -0.15) is 0 Å². The average molecular weight is 370 g/mol. The highest BCUT2D eigenvalue weighted by Crippen LogP contribution is 2.15. The van der Waals surface area contributed by atoms with Gasteiger partial charge >= 0.3 is 0 Å². The van der Waals surface area contributed by atoms with Gasteiger partial charge in [0.15, 0.2) is 0 Å². The van der Waals surface area contributed by atoms with E-state index in [1.807, 2.05) is 17.0 Å². The molecule has 1 heterocycles.